The maximum absolute atomic E-state index is 12.6. The smallest absolute Gasteiger partial charge is 0.356 e. The molecule has 0 saturated carbocycles. The summed E-state index contributed by atoms with van der Waals surface area (Å²) in [5.41, 5.74) is 4.21. The summed E-state index contributed by atoms with van der Waals surface area (Å²) in [5.74, 6) is -1.12. The number of aromatic nitrogens is 2. The van der Waals surface area contributed by atoms with Crippen LogP contribution in [0.4, 0.5) is 4.79 Å². The molecule has 1 spiro atoms. The summed E-state index contributed by atoms with van der Waals surface area (Å²) in [6.45, 7) is 8.85. The fourth-order valence-electron chi connectivity index (χ4n) is 4.59. The Morgan fingerprint density at radius 1 is 1.07 bits per heavy atom. The van der Waals surface area contributed by atoms with Gasteiger partial charge >= 0.3 is 12.0 Å². The predicted molar refractivity (Wildman–Crippen MR) is 109 cm³/mol. The van der Waals surface area contributed by atoms with Gasteiger partial charge in [0.15, 0.2) is 5.69 Å². The summed E-state index contributed by atoms with van der Waals surface area (Å²) in [6, 6.07) is 7.83. The number of carbonyl (C=O) groups excluding carboxylic acids is 1. The van der Waals surface area contributed by atoms with E-state index < -0.39 is 5.97 Å². The molecular formula is C22H28N4O3. The van der Waals surface area contributed by atoms with E-state index in [9.17, 15) is 9.59 Å². The van der Waals surface area contributed by atoms with E-state index in [1.807, 2.05) is 0 Å². The van der Waals surface area contributed by atoms with Crippen molar-refractivity contribution in [2.75, 3.05) is 26.2 Å². The van der Waals surface area contributed by atoms with Gasteiger partial charge in [-0.3, -0.25) is 4.90 Å². The quantitative estimate of drug-likeness (QED) is 0.862. The Balaban J connectivity index is 1.33. The Kier molecular flexibility index (Phi) is 5.17. The lowest BCUT2D eigenvalue weighted by Crippen LogP contribution is -2.45. The first-order valence-electron chi connectivity index (χ1n) is 10.2. The number of nitrogens with zero attached hydrogens (tertiary/aromatic N) is 4. The molecule has 3 heterocycles. The Morgan fingerprint density at radius 2 is 1.79 bits per heavy atom. The molecule has 2 aliphatic rings. The molecule has 4 rings (SSSR count). The number of carboxylic acid groups (broad SMARTS) is 1. The molecule has 7 heteroatoms. The number of amides is 1. The molecule has 0 aliphatic carbocycles. The summed E-state index contributed by atoms with van der Waals surface area (Å²) in [5, 5.41) is 12.8. The summed E-state index contributed by atoms with van der Waals surface area (Å²) in [4.78, 5) is 27.9. The number of likely N-dealkylation sites (tertiary alicyclic amines) is 2. The normalized spacial score (nSPS) is 19.0. The molecule has 154 valence electrons. The molecule has 1 N–H and O–H groups in total. The van der Waals surface area contributed by atoms with Crippen LogP contribution in [0.3, 0.4) is 0 Å². The highest BCUT2D eigenvalue weighted by atomic mass is 16.4. The Morgan fingerprint density at radius 3 is 2.45 bits per heavy atom. The molecule has 2 aliphatic heterocycles. The molecule has 7 nitrogen and oxygen atoms in total. The highest BCUT2D eigenvalue weighted by molar-refractivity contribution is 5.86. The molecule has 0 radical (unpaired) electrons. The van der Waals surface area contributed by atoms with Gasteiger partial charge in [0.2, 0.25) is 0 Å². The van der Waals surface area contributed by atoms with Crippen LogP contribution in [-0.2, 0) is 6.54 Å². The van der Waals surface area contributed by atoms with E-state index in [1.165, 1.54) is 35.4 Å². The zero-order valence-electron chi connectivity index (χ0n) is 17.1. The highest BCUT2D eigenvalue weighted by Gasteiger charge is 2.41. The molecule has 2 saturated heterocycles. The standard InChI is InChI=1S/C22H28N4O3/c1-16-3-4-18(13-17(16)2)14-24-10-6-22(15-24)7-11-25(12-8-22)21(29)26-9-5-19(23-26)20(27)28/h3-5,9,13H,6-8,10-12,14-15H2,1-2H3,(H,27,28). The Hall–Kier alpha value is -2.67. The lowest BCUT2D eigenvalue weighted by atomic mass is 9.78. The number of hydrogen-bond donors (Lipinski definition) is 1. The third-order valence-electron chi connectivity index (χ3n) is 6.59. The van der Waals surface area contributed by atoms with Gasteiger partial charge in [0, 0.05) is 32.4 Å². The number of carbonyl (C=O) groups is 2. The lowest BCUT2D eigenvalue weighted by molar-refractivity contribution is 0.0689. The average Bonchev–Trinajstić information content (AvgIpc) is 3.33. The summed E-state index contributed by atoms with van der Waals surface area (Å²) in [6.07, 6.45) is 4.56. The van der Waals surface area contributed by atoms with Crippen molar-refractivity contribution >= 4 is 12.0 Å². The van der Waals surface area contributed by atoms with Crippen LogP contribution in [0, 0.1) is 19.3 Å². The fraction of sp³-hybridized carbons (Fsp3) is 0.500. The van der Waals surface area contributed by atoms with Gasteiger partial charge < -0.3 is 10.0 Å². The van der Waals surface area contributed by atoms with Gasteiger partial charge in [-0.05, 0) is 67.8 Å². The lowest BCUT2D eigenvalue weighted by Gasteiger charge is -2.39. The molecule has 1 aromatic heterocycles. The highest BCUT2D eigenvalue weighted by Crippen LogP contribution is 2.41. The van der Waals surface area contributed by atoms with Crippen molar-refractivity contribution in [3.8, 4) is 0 Å². The van der Waals surface area contributed by atoms with E-state index in [0.717, 1.165) is 37.2 Å². The maximum atomic E-state index is 12.6. The van der Waals surface area contributed by atoms with Crippen LogP contribution < -0.4 is 0 Å². The summed E-state index contributed by atoms with van der Waals surface area (Å²) >= 11 is 0. The van der Waals surface area contributed by atoms with Gasteiger partial charge in [-0.2, -0.15) is 9.78 Å². The van der Waals surface area contributed by atoms with Crippen molar-refractivity contribution in [2.45, 2.75) is 39.7 Å². The number of hydrogen-bond acceptors (Lipinski definition) is 4. The second-order valence-electron chi connectivity index (χ2n) is 8.60. The van der Waals surface area contributed by atoms with Crippen molar-refractivity contribution in [3.63, 3.8) is 0 Å². The zero-order chi connectivity index (χ0) is 20.6. The van der Waals surface area contributed by atoms with Crippen LogP contribution >= 0.6 is 0 Å². The summed E-state index contributed by atoms with van der Waals surface area (Å²) in [7, 11) is 0. The van der Waals surface area contributed by atoms with Gasteiger partial charge in [-0.15, -0.1) is 0 Å². The molecule has 1 aromatic carbocycles. The van der Waals surface area contributed by atoms with E-state index >= 15 is 0 Å². The third-order valence-corrected chi connectivity index (χ3v) is 6.59. The van der Waals surface area contributed by atoms with E-state index in [0.29, 0.717) is 13.1 Å². The van der Waals surface area contributed by atoms with Gasteiger partial charge in [0.25, 0.3) is 0 Å². The Labute approximate surface area is 170 Å². The van der Waals surface area contributed by atoms with Crippen LogP contribution in [0.5, 0.6) is 0 Å². The predicted octanol–water partition coefficient (Wildman–Crippen LogP) is 3.15. The molecule has 29 heavy (non-hydrogen) atoms. The molecule has 2 fully saturated rings. The van der Waals surface area contributed by atoms with Gasteiger partial charge in [0.1, 0.15) is 0 Å². The first-order valence-corrected chi connectivity index (χ1v) is 10.2. The number of aromatic carboxylic acids is 1. The SMILES string of the molecule is Cc1ccc(CN2CCC3(CCN(C(=O)n4ccc(C(=O)O)n4)CC3)C2)cc1C. The fourth-order valence-corrected chi connectivity index (χ4v) is 4.59. The number of piperidine rings is 1. The second-order valence-corrected chi connectivity index (χ2v) is 8.60. The second kappa shape index (κ2) is 7.63. The summed E-state index contributed by atoms with van der Waals surface area (Å²) < 4.78 is 1.14. The van der Waals surface area contributed by atoms with Gasteiger partial charge in [-0.1, -0.05) is 18.2 Å². The zero-order valence-corrected chi connectivity index (χ0v) is 17.1. The van der Waals surface area contributed by atoms with Crippen molar-refractivity contribution in [1.29, 1.82) is 0 Å². The van der Waals surface area contributed by atoms with Crippen LogP contribution in [0.1, 0.15) is 46.4 Å². The minimum Gasteiger partial charge on any atom is -0.476 e. The monoisotopic (exact) mass is 396 g/mol. The van der Waals surface area contributed by atoms with Crippen LogP contribution in [0.25, 0.3) is 0 Å². The number of aryl methyl sites for hydroxylation is 2. The molecule has 1 amide bonds. The molecule has 2 aromatic rings. The number of carboxylic acids is 1. The van der Waals surface area contributed by atoms with Crippen LogP contribution in [0.2, 0.25) is 0 Å². The van der Waals surface area contributed by atoms with Gasteiger partial charge in [-0.25, -0.2) is 9.59 Å². The topological polar surface area (TPSA) is 78.7 Å². The van der Waals surface area contributed by atoms with Crippen molar-refractivity contribution in [3.05, 3.63) is 52.8 Å². The Bertz CT molecular complexity index is 928. The molecule has 0 atom stereocenters. The largest absolute Gasteiger partial charge is 0.476 e. The number of benzene rings is 1. The average molecular weight is 396 g/mol. The van der Waals surface area contributed by atoms with E-state index in [4.69, 9.17) is 5.11 Å². The number of rotatable bonds is 3. The van der Waals surface area contributed by atoms with E-state index in [2.05, 4.69) is 42.0 Å². The minimum atomic E-state index is -1.12. The van der Waals surface area contributed by atoms with E-state index in [-0.39, 0.29) is 17.1 Å². The van der Waals surface area contributed by atoms with Crippen molar-refractivity contribution < 1.29 is 14.7 Å². The van der Waals surface area contributed by atoms with Crippen molar-refractivity contribution in [2.24, 2.45) is 5.41 Å². The third kappa shape index (κ3) is 4.05. The molecule has 0 unspecified atom stereocenters. The van der Waals surface area contributed by atoms with Crippen molar-refractivity contribution in [1.82, 2.24) is 19.6 Å². The first-order chi connectivity index (χ1) is 13.8. The molecule has 0 bridgehead atoms. The van der Waals surface area contributed by atoms with Crippen LogP contribution in [0.15, 0.2) is 30.5 Å². The van der Waals surface area contributed by atoms with Crippen LogP contribution in [-0.4, -0.2) is 62.9 Å². The minimum absolute atomic E-state index is 0.107. The first kappa shape index (κ1) is 19.6. The van der Waals surface area contributed by atoms with Gasteiger partial charge in [0.05, 0.1) is 0 Å². The van der Waals surface area contributed by atoms with E-state index in [1.54, 1.807) is 4.90 Å². The maximum Gasteiger partial charge on any atom is 0.356 e. The molecular weight excluding hydrogens is 368 g/mol.